The Kier molecular flexibility index (Phi) is 5.53. The van der Waals surface area contributed by atoms with E-state index in [1.165, 1.54) is 10.8 Å². The third kappa shape index (κ3) is 4.17. The van der Waals surface area contributed by atoms with Crippen molar-refractivity contribution >= 4 is 36.4 Å². The van der Waals surface area contributed by atoms with Crippen LogP contribution in [0.2, 0.25) is 0 Å². The molecule has 0 aliphatic carbocycles. The normalized spacial score (nSPS) is 10.9. The second-order valence-corrected chi connectivity index (χ2v) is 11.5. The molecule has 0 bridgehead atoms. The fraction of sp³-hybridized carbons (Fsp3) is 0.0500. The van der Waals surface area contributed by atoms with Gasteiger partial charge < -0.3 is 0 Å². The van der Waals surface area contributed by atoms with Crippen LogP contribution in [-0.2, 0) is 4.79 Å². The molecule has 0 atom stereocenters. The SMILES string of the molecule is O=C(O)COc1ccc([TeH](c2ccccc2)c2ccccc2)cc1. The second-order valence-electron chi connectivity index (χ2n) is 5.18. The second kappa shape index (κ2) is 8.01. The van der Waals surface area contributed by atoms with Crippen LogP contribution < -0.4 is 15.6 Å². The zero-order chi connectivity index (χ0) is 16.8. The number of carbonyl (C=O) groups is 1. The van der Waals surface area contributed by atoms with Gasteiger partial charge in [-0.1, -0.05) is 0 Å². The van der Waals surface area contributed by atoms with Gasteiger partial charge in [0, 0.05) is 0 Å². The van der Waals surface area contributed by atoms with Crippen molar-refractivity contribution < 1.29 is 14.6 Å². The summed E-state index contributed by atoms with van der Waals surface area (Å²) < 4.78 is 9.34. The van der Waals surface area contributed by atoms with Crippen molar-refractivity contribution in [2.45, 2.75) is 0 Å². The molecular formula is C20H18O3Te. The molecule has 0 saturated carbocycles. The third-order valence-corrected chi connectivity index (χ3v) is 10.5. The van der Waals surface area contributed by atoms with Crippen LogP contribution >= 0.6 is 0 Å². The van der Waals surface area contributed by atoms with Crippen molar-refractivity contribution in [3.05, 3.63) is 84.9 Å². The van der Waals surface area contributed by atoms with Gasteiger partial charge in [-0.25, -0.2) is 0 Å². The van der Waals surface area contributed by atoms with E-state index in [0.29, 0.717) is 5.75 Å². The fourth-order valence-electron chi connectivity index (χ4n) is 2.44. The van der Waals surface area contributed by atoms with Crippen molar-refractivity contribution in [1.29, 1.82) is 0 Å². The minimum atomic E-state index is -2.07. The molecule has 3 nitrogen and oxygen atoms in total. The summed E-state index contributed by atoms with van der Waals surface area (Å²) in [6.07, 6.45) is 0. The molecule has 0 aliphatic rings. The number of hydrogen-bond donors (Lipinski definition) is 1. The average Bonchev–Trinajstić information content (AvgIpc) is 2.63. The Balaban J connectivity index is 1.93. The van der Waals surface area contributed by atoms with Crippen molar-refractivity contribution in [3.8, 4) is 5.75 Å². The predicted octanol–water partition coefficient (Wildman–Crippen LogP) is 1.40. The van der Waals surface area contributed by atoms with Crippen molar-refractivity contribution in [1.82, 2.24) is 0 Å². The quantitative estimate of drug-likeness (QED) is 0.598. The average molecular weight is 434 g/mol. The molecule has 1 N–H and O–H groups in total. The van der Waals surface area contributed by atoms with Gasteiger partial charge in [0.25, 0.3) is 0 Å². The zero-order valence-corrected chi connectivity index (χ0v) is 15.6. The Hall–Kier alpha value is -2.28. The maximum atomic E-state index is 10.6. The van der Waals surface area contributed by atoms with Crippen LogP contribution in [0.4, 0.5) is 0 Å². The molecule has 4 heteroatoms. The van der Waals surface area contributed by atoms with Crippen molar-refractivity contribution in [2.24, 2.45) is 0 Å². The molecule has 3 rings (SSSR count). The Morgan fingerprint density at radius 1 is 0.750 bits per heavy atom. The summed E-state index contributed by atoms with van der Waals surface area (Å²) in [5.74, 6) is -0.384. The van der Waals surface area contributed by atoms with E-state index < -0.39 is 25.5 Å². The number of rotatable bonds is 6. The van der Waals surface area contributed by atoms with Crippen LogP contribution in [0.1, 0.15) is 0 Å². The molecule has 0 aromatic heterocycles. The molecule has 122 valence electrons. The third-order valence-electron chi connectivity index (χ3n) is 3.49. The number of carboxylic acid groups (broad SMARTS) is 1. The first-order valence-electron chi connectivity index (χ1n) is 7.59. The van der Waals surface area contributed by atoms with Gasteiger partial charge in [-0.3, -0.25) is 0 Å². The molecule has 3 aromatic carbocycles. The molecule has 0 amide bonds. The molecule has 0 unspecified atom stereocenters. The van der Waals surface area contributed by atoms with E-state index in [1.807, 2.05) is 24.3 Å². The Bertz CT molecular complexity index is 747. The first-order chi connectivity index (χ1) is 11.7. The first-order valence-corrected chi connectivity index (χ1v) is 11.4. The number of hydrogen-bond acceptors (Lipinski definition) is 2. The van der Waals surface area contributed by atoms with Gasteiger partial charge in [-0.05, 0) is 0 Å². The number of ether oxygens (including phenoxy) is 1. The molecular weight excluding hydrogens is 416 g/mol. The van der Waals surface area contributed by atoms with E-state index >= 15 is 0 Å². The van der Waals surface area contributed by atoms with Gasteiger partial charge in [0.1, 0.15) is 0 Å². The van der Waals surface area contributed by atoms with Crippen LogP contribution in [0.15, 0.2) is 84.9 Å². The van der Waals surface area contributed by atoms with Gasteiger partial charge in [0.2, 0.25) is 0 Å². The molecule has 0 heterocycles. The molecule has 0 aliphatic heterocycles. The topological polar surface area (TPSA) is 46.5 Å². The van der Waals surface area contributed by atoms with Crippen LogP contribution in [-0.4, -0.2) is 37.2 Å². The van der Waals surface area contributed by atoms with Crippen LogP contribution in [0.25, 0.3) is 0 Å². The molecule has 0 saturated heterocycles. The summed E-state index contributed by atoms with van der Waals surface area (Å²) in [6.45, 7) is -0.318. The summed E-state index contributed by atoms with van der Waals surface area (Å²) in [6, 6.07) is 29.1. The van der Waals surface area contributed by atoms with Gasteiger partial charge in [0.05, 0.1) is 0 Å². The van der Waals surface area contributed by atoms with E-state index in [2.05, 4.69) is 60.7 Å². The molecule has 0 spiro atoms. The molecule has 0 radical (unpaired) electrons. The Labute approximate surface area is 148 Å². The maximum absolute atomic E-state index is 10.6. The number of benzene rings is 3. The van der Waals surface area contributed by atoms with Gasteiger partial charge >= 0.3 is 148 Å². The Morgan fingerprint density at radius 2 is 1.21 bits per heavy atom. The monoisotopic (exact) mass is 436 g/mol. The summed E-state index contributed by atoms with van der Waals surface area (Å²) in [5.41, 5.74) is 0. The summed E-state index contributed by atoms with van der Waals surface area (Å²) in [4.78, 5) is 10.6. The summed E-state index contributed by atoms with van der Waals surface area (Å²) in [7, 11) is 0. The molecule has 0 fully saturated rings. The predicted molar refractivity (Wildman–Crippen MR) is 98.5 cm³/mol. The van der Waals surface area contributed by atoms with Crippen LogP contribution in [0.3, 0.4) is 0 Å². The van der Waals surface area contributed by atoms with Crippen molar-refractivity contribution in [2.75, 3.05) is 6.61 Å². The molecule has 24 heavy (non-hydrogen) atoms. The van der Waals surface area contributed by atoms with Gasteiger partial charge in [-0.15, -0.1) is 0 Å². The van der Waals surface area contributed by atoms with Crippen LogP contribution in [0.5, 0.6) is 5.75 Å². The molecule has 3 aromatic rings. The van der Waals surface area contributed by atoms with Gasteiger partial charge in [-0.2, -0.15) is 0 Å². The minimum absolute atomic E-state index is 0.318. The van der Waals surface area contributed by atoms with E-state index in [1.54, 1.807) is 0 Å². The van der Waals surface area contributed by atoms with E-state index in [-0.39, 0.29) is 6.61 Å². The Morgan fingerprint density at radius 3 is 1.67 bits per heavy atom. The van der Waals surface area contributed by atoms with Crippen LogP contribution in [0, 0.1) is 0 Å². The number of aliphatic carboxylic acids is 1. The van der Waals surface area contributed by atoms with E-state index in [0.717, 1.165) is 0 Å². The van der Waals surface area contributed by atoms with E-state index in [4.69, 9.17) is 9.84 Å². The summed E-state index contributed by atoms with van der Waals surface area (Å²) in [5, 5.41) is 8.70. The van der Waals surface area contributed by atoms with E-state index in [9.17, 15) is 4.79 Å². The van der Waals surface area contributed by atoms with Gasteiger partial charge in [0.15, 0.2) is 0 Å². The first kappa shape index (κ1) is 16.6. The zero-order valence-electron chi connectivity index (χ0n) is 13.0. The summed E-state index contributed by atoms with van der Waals surface area (Å²) >= 11 is -2.07. The van der Waals surface area contributed by atoms with Crippen molar-refractivity contribution in [3.63, 3.8) is 0 Å². The fourth-order valence-corrected chi connectivity index (χ4v) is 8.95. The number of carboxylic acids is 1. The standard InChI is InChI=1S/C20H18O3Te/c21-20(22)15-23-16-11-13-19(14-12-16)24(17-7-3-1-4-8-17)18-9-5-2-6-10-18/h1-14,24H,15H2,(H,21,22).